The van der Waals surface area contributed by atoms with Crippen molar-refractivity contribution < 1.29 is 14.3 Å². The van der Waals surface area contributed by atoms with Crippen molar-refractivity contribution in [2.24, 2.45) is 0 Å². The molecule has 136 valence electrons. The number of carbonyl (C=O) groups is 2. The number of halogens is 1. The molecule has 6 nitrogen and oxygen atoms in total. The molecule has 1 aliphatic heterocycles. The Balaban J connectivity index is 1.69. The van der Waals surface area contributed by atoms with Crippen LogP contribution in [0.4, 0.5) is 11.4 Å². The number of nitrogens with one attached hydrogen (secondary N) is 2. The fourth-order valence-electron chi connectivity index (χ4n) is 3.00. The van der Waals surface area contributed by atoms with E-state index in [0.29, 0.717) is 22.1 Å². The van der Waals surface area contributed by atoms with E-state index in [9.17, 15) is 9.59 Å². The Morgan fingerprint density at radius 3 is 2.81 bits per heavy atom. The second kappa shape index (κ2) is 6.25. The molecule has 2 N–H and O–H groups in total. The summed E-state index contributed by atoms with van der Waals surface area (Å²) in [6, 6.07) is 14.1. The van der Waals surface area contributed by atoms with Crippen molar-refractivity contribution in [1.29, 1.82) is 0 Å². The monoisotopic (exact) mass is 381 g/mol. The molecule has 2 aromatic carbocycles. The molecule has 0 saturated carbocycles. The van der Waals surface area contributed by atoms with Crippen molar-refractivity contribution in [3.63, 3.8) is 0 Å². The molecule has 2 amide bonds. The molecule has 1 atom stereocenters. The van der Waals surface area contributed by atoms with Gasteiger partial charge in [0.2, 0.25) is 0 Å². The Bertz CT molecular complexity index is 1100. The van der Waals surface area contributed by atoms with Gasteiger partial charge in [0.05, 0.1) is 16.9 Å². The summed E-state index contributed by atoms with van der Waals surface area (Å²) in [5, 5.41) is 6.75. The Morgan fingerprint density at radius 2 is 2.00 bits per heavy atom. The molecule has 0 saturated heterocycles. The van der Waals surface area contributed by atoms with Gasteiger partial charge < -0.3 is 15.4 Å². The number of hydrogen-bond donors (Lipinski definition) is 2. The fraction of sp³-hybridized carbons (Fsp3) is 0.150. The van der Waals surface area contributed by atoms with Crippen molar-refractivity contribution >= 4 is 45.7 Å². The third-order valence-corrected chi connectivity index (χ3v) is 4.70. The fourth-order valence-corrected chi connectivity index (χ4v) is 3.17. The van der Waals surface area contributed by atoms with Crippen LogP contribution in [0.2, 0.25) is 5.02 Å². The second-order valence-corrected chi connectivity index (χ2v) is 6.95. The Morgan fingerprint density at radius 1 is 1.22 bits per heavy atom. The largest absolute Gasteiger partial charge is 0.466 e. The molecule has 1 aliphatic rings. The number of para-hydroxylation sites is 1. The first kappa shape index (κ1) is 17.3. The summed E-state index contributed by atoms with van der Waals surface area (Å²) < 4.78 is 5.76. The molecule has 0 bridgehead atoms. The van der Waals surface area contributed by atoms with E-state index in [1.807, 2.05) is 31.2 Å². The minimum atomic E-state index is -1.72. The average Bonchev–Trinajstić information content (AvgIpc) is 2.63. The molecule has 3 aromatic rings. The van der Waals surface area contributed by atoms with Crippen LogP contribution in [-0.4, -0.2) is 22.4 Å². The number of anilines is 2. The standard InChI is InChI=1S/C20H16ClN3O3/c1-11-9-15(13-5-3-4-6-14(13)22-11)23-18(25)20(2)19(26)24-16-10-12(21)7-8-17(16)27-20/h3-10H,1-2H3,(H,24,26)(H,22,23,25). The topological polar surface area (TPSA) is 80.3 Å². The van der Waals surface area contributed by atoms with E-state index < -0.39 is 17.4 Å². The van der Waals surface area contributed by atoms with Crippen LogP contribution < -0.4 is 15.4 Å². The molecule has 1 aromatic heterocycles. The summed E-state index contributed by atoms with van der Waals surface area (Å²) in [5.74, 6) is -0.756. The van der Waals surface area contributed by atoms with Crippen molar-refractivity contribution in [2.75, 3.05) is 10.6 Å². The Hall–Kier alpha value is -3.12. The normalized spacial score (nSPS) is 18.4. The molecule has 27 heavy (non-hydrogen) atoms. The second-order valence-electron chi connectivity index (χ2n) is 6.51. The van der Waals surface area contributed by atoms with Gasteiger partial charge in [-0.1, -0.05) is 29.8 Å². The number of pyridine rings is 1. The Labute approximate surface area is 160 Å². The van der Waals surface area contributed by atoms with Gasteiger partial charge in [0.25, 0.3) is 17.4 Å². The van der Waals surface area contributed by atoms with Gasteiger partial charge in [-0.15, -0.1) is 0 Å². The number of amides is 2. The number of aromatic nitrogens is 1. The van der Waals surface area contributed by atoms with E-state index in [0.717, 1.165) is 16.6 Å². The highest BCUT2D eigenvalue weighted by molar-refractivity contribution is 6.31. The molecular formula is C20H16ClN3O3. The number of carbonyl (C=O) groups excluding carboxylic acids is 2. The van der Waals surface area contributed by atoms with E-state index in [-0.39, 0.29) is 0 Å². The lowest BCUT2D eigenvalue weighted by Gasteiger charge is -2.33. The van der Waals surface area contributed by atoms with Crippen LogP contribution in [0.15, 0.2) is 48.5 Å². The Kier molecular flexibility index (Phi) is 4.00. The van der Waals surface area contributed by atoms with E-state index in [1.165, 1.54) is 6.92 Å². The van der Waals surface area contributed by atoms with Gasteiger partial charge in [0.1, 0.15) is 5.75 Å². The van der Waals surface area contributed by atoms with Gasteiger partial charge in [0, 0.05) is 16.1 Å². The third kappa shape index (κ3) is 2.98. The van der Waals surface area contributed by atoms with Crippen LogP contribution in [0, 0.1) is 6.92 Å². The number of fused-ring (bicyclic) bond motifs is 2. The molecule has 0 radical (unpaired) electrons. The van der Waals surface area contributed by atoms with Crippen molar-refractivity contribution in [3.05, 3.63) is 59.2 Å². The van der Waals surface area contributed by atoms with Gasteiger partial charge in [-0.2, -0.15) is 0 Å². The highest BCUT2D eigenvalue weighted by atomic mass is 35.5. The lowest BCUT2D eigenvalue weighted by molar-refractivity contribution is -0.143. The SMILES string of the molecule is Cc1cc(NC(=O)C2(C)Oc3ccc(Cl)cc3NC2=O)c2ccccc2n1. The molecule has 0 aliphatic carbocycles. The van der Waals surface area contributed by atoms with Gasteiger partial charge in [-0.25, -0.2) is 0 Å². The summed E-state index contributed by atoms with van der Waals surface area (Å²) >= 11 is 5.94. The number of ether oxygens (including phenoxy) is 1. The quantitative estimate of drug-likeness (QED) is 0.659. The summed E-state index contributed by atoms with van der Waals surface area (Å²) in [7, 11) is 0. The number of benzene rings is 2. The molecule has 0 fully saturated rings. The van der Waals surface area contributed by atoms with Crippen LogP contribution in [0.5, 0.6) is 5.75 Å². The number of hydrogen-bond acceptors (Lipinski definition) is 4. The van der Waals surface area contributed by atoms with Crippen LogP contribution in [0.25, 0.3) is 10.9 Å². The van der Waals surface area contributed by atoms with Gasteiger partial charge in [-0.05, 0) is 44.2 Å². The van der Waals surface area contributed by atoms with Crippen molar-refractivity contribution in [1.82, 2.24) is 4.98 Å². The van der Waals surface area contributed by atoms with Crippen LogP contribution in [0.1, 0.15) is 12.6 Å². The van der Waals surface area contributed by atoms with Crippen molar-refractivity contribution in [2.45, 2.75) is 19.4 Å². The summed E-state index contributed by atoms with van der Waals surface area (Å²) in [4.78, 5) is 30.0. The molecule has 0 spiro atoms. The predicted octanol–water partition coefficient (Wildman–Crippen LogP) is 3.92. The lowest BCUT2D eigenvalue weighted by atomic mass is 10.0. The first-order valence-corrected chi connectivity index (χ1v) is 8.72. The number of nitrogens with zero attached hydrogens (tertiary/aromatic N) is 1. The van der Waals surface area contributed by atoms with Crippen LogP contribution >= 0.6 is 11.6 Å². The van der Waals surface area contributed by atoms with Crippen LogP contribution in [-0.2, 0) is 9.59 Å². The highest BCUT2D eigenvalue weighted by Crippen LogP contribution is 2.36. The lowest BCUT2D eigenvalue weighted by Crippen LogP contribution is -2.56. The maximum absolute atomic E-state index is 13.0. The minimum Gasteiger partial charge on any atom is -0.466 e. The zero-order valence-electron chi connectivity index (χ0n) is 14.7. The maximum Gasteiger partial charge on any atom is 0.278 e. The summed E-state index contributed by atoms with van der Waals surface area (Å²) in [6.07, 6.45) is 0. The molecular weight excluding hydrogens is 366 g/mol. The molecule has 4 rings (SSSR count). The van der Waals surface area contributed by atoms with E-state index >= 15 is 0 Å². The average molecular weight is 382 g/mol. The zero-order chi connectivity index (χ0) is 19.2. The highest BCUT2D eigenvalue weighted by Gasteiger charge is 2.47. The zero-order valence-corrected chi connectivity index (χ0v) is 15.4. The van der Waals surface area contributed by atoms with E-state index in [4.69, 9.17) is 16.3 Å². The number of aryl methyl sites for hydroxylation is 1. The summed E-state index contributed by atoms with van der Waals surface area (Å²) in [6.45, 7) is 3.28. The predicted molar refractivity (Wildman–Crippen MR) is 104 cm³/mol. The smallest absolute Gasteiger partial charge is 0.278 e. The molecule has 1 unspecified atom stereocenters. The van der Waals surface area contributed by atoms with Crippen LogP contribution in [0.3, 0.4) is 0 Å². The van der Waals surface area contributed by atoms with E-state index in [1.54, 1.807) is 24.3 Å². The number of rotatable bonds is 2. The van der Waals surface area contributed by atoms with Gasteiger partial charge in [-0.3, -0.25) is 14.6 Å². The first-order chi connectivity index (χ1) is 12.9. The third-order valence-electron chi connectivity index (χ3n) is 4.46. The van der Waals surface area contributed by atoms with Gasteiger partial charge in [0.15, 0.2) is 0 Å². The molecule has 2 heterocycles. The minimum absolute atomic E-state index is 0.382. The molecule has 7 heteroatoms. The first-order valence-electron chi connectivity index (χ1n) is 8.35. The van der Waals surface area contributed by atoms with Crippen molar-refractivity contribution in [3.8, 4) is 5.75 Å². The van der Waals surface area contributed by atoms with E-state index in [2.05, 4.69) is 15.6 Å². The summed E-state index contributed by atoms with van der Waals surface area (Å²) in [5.41, 5.74) is 0.791. The van der Waals surface area contributed by atoms with Gasteiger partial charge >= 0.3 is 0 Å². The maximum atomic E-state index is 13.0.